The lowest BCUT2D eigenvalue weighted by Crippen LogP contribution is -2.29. The largest absolute Gasteiger partial charge is 0.493 e. The molecular weight excluding hydrogens is 382 g/mol. The van der Waals surface area contributed by atoms with Gasteiger partial charge in [0.05, 0.1) is 25.3 Å². The number of hydrogen-bond donors (Lipinski definition) is 1. The van der Waals surface area contributed by atoms with Crippen molar-refractivity contribution >= 4 is 16.9 Å². The van der Waals surface area contributed by atoms with Crippen molar-refractivity contribution in [3.63, 3.8) is 0 Å². The number of aromatic nitrogens is 2. The van der Waals surface area contributed by atoms with E-state index in [1.807, 2.05) is 49.4 Å². The van der Waals surface area contributed by atoms with Crippen LogP contribution in [0.1, 0.15) is 25.3 Å². The highest BCUT2D eigenvalue weighted by molar-refractivity contribution is 5.78. The standard InChI is InChI=1S/C23H29N3O4/c1-4-14-25-18-7-5-6-8-19(18)26(23(25)28)15-12-22(27)24-13-11-17-9-10-20(29-2)21(16-17)30-3/h5-10,16H,4,11-15H2,1-3H3,(H,24,27). The Morgan fingerprint density at radius 1 is 0.967 bits per heavy atom. The second-order valence-electron chi connectivity index (χ2n) is 7.11. The molecule has 0 fully saturated rings. The van der Waals surface area contributed by atoms with Crippen LogP contribution >= 0.6 is 0 Å². The number of amides is 1. The van der Waals surface area contributed by atoms with E-state index in [0.717, 1.165) is 23.0 Å². The van der Waals surface area contributed by atoms with E-state index in [4.69, 9.17) is 9.47 Å². The Labute approximate surface area is 176 Å². The Bertz CT molecular complexity index is 1070. The van der Waals surface area contributed by atoms with E-state index in [0.29, 0.717) is 37.6 Å². The van der Waals surface area contributed by atoms with Crippen LogP contribution in [0.15, 0.2) is 47.3 Å². The fraction of sp³-hybridized carbons (Fsp3) is 0.391. The second-order valence-corrected chi connectivity index (χ2v) is 7.11. The third-order valence-corrected chi connectivity index (χ3v) is 5.12. The maximum Gasteiger partial charge on any atom is 0.329 e. The fourth-order valence-corrected chi connectivity index (χ4v) is 3.61. The molecule has 0 saturated heterocycles. The topological polar surface area (TPSA) is 74.5 Å². The average molecular weight is 412 g/mol. The molecule has 0 saturated carbocycles. The smallest absolute Gasteiger partial charge is 0.329 e. The Morgan fingerprint density at radius 2 is 1.63 bits per heavy atom. The Balaban J connectivity index is 1.58. The number of aryl methyl sites for hydroxylation is 2. The maximum atomic E-state index is 12.8. The third-order valence-electron chi connectivity index (χ3n) is 5.12. The van der Waals surface area contributed by atoms with Gasteiger partial charge < -0.3 is 14.8 Å². The van der Waals surface area contributed by atoms with Gasteiger partial charge in [-0.1, -0.05) is 25.1 Å². The van der Waals surface area contributed by atoms with Gasteiger partial charge >= 0.3 is 5.69 Å². The van der Waals surface area contributed by atoms with E-state index in [2.05, 4.69) is 5.32 Å². The van der Waals surface area contributed by atoms with E-state index >= 15 is 0 Å². The molecule has 0 aliphatic heterocycles. The zero-order chi connectivity index (χ0) is 21.5. The van der Waals surface area contributed by atoms with Gasteiger partial charge in [0.15, 0.2) is 11.5 Å². The molecule has 0 radical (unpaired) electrons. The van der Waals surface area contributed by atoms with Gasteiger partial charge in [0, 0.05) is 26.1 Å². The quantitative estimate of drug-likeness (QED) is 0.557. The van der Waals surface area contributed by atoms with Crippen LogP contribution in [0.4, 0.5) is 0 Å². The monoisotopic (exact) mass is 411 g/mol. The molecule has 7 nitrogen and oxygen atoms in total. The van der Waals surface area contributed by atoms with Gasteiger partial charge in [-0.25, -0.2) is 4.79 Å². The highest BCUT2D eigenvalue weighted by Crippen LogP contribution is 2.27. The summed E-state index contributed by atoms with van der Waals surface area (Å²) in [4.78, 5) is 25.1. The van der Waals surface area contributed by atoms with Gasteiger partial charge in [-0.3, -0.25) is 13.9 Å². The SMILES string of the molecule is CCCn1c(=O)n(CCC(=O)NCCc2ccc(OC)c(OC)c2)c2ccccc21. The number of nitrogens with zero attached hydrogens (tertiary/aromatic N) is 2. The minimum absolute atomic E-state index is 0.0591. The number of imidazole rings is 1. The van der Waals surface area contributed by atoms with Crippen LogP contribution < -0.4 is 20.5 Å². The number of carbonyl (C=O) groups is 1. The first-order valence-corrected chi connectivity index (χ1v) is 10.2. The van der Waals surface area contributed by atoms with Gasteiger partial charge in [-0.05, 0) is 42.7 Å². The molecule has 0 aliphatic carbocycles. The first-order valence-electron chi connectivity index (χ1n) is 10.2. The first kappa shape index (κ1) is 21.5. The molecule has 0 bridgehead atoms. The van der Waals surface area contributed by atoms with Gasteiger partial charge in [-0.15, -0.1) is 0 Å². The molecule has 1 N–H and O–H groups in total. The van der Waals surface area contributed by atoms with E-state index in [1.165, 1.54) is 0 Å². The predicted octanol–water partition coefficient (Wildman–Crippen LogP) is 2.98. The van der Waals surface area contributed by atoms with Crippen molar-refractivity contribution in [2.75, 3.05) is 20.8 Å². The minimum Gasteiger partial charge on any atom is -0.493 e. The summed E-state index contributed by atoms with van der Waals surface area (Å²) in [7, 11) is 3.20. The number of ether oxygens (including phenoxy) is 2. The molecule has 3 rings (SSSR count). The fourth-order valence-electron chi connectivity index (χ4n) is 3.61. The summed E-state index contributed by atoms with van der Waals surface area (Å²) in [5, 5.41) is 2.93. The molecule has 0 aliphatic rings. The molecule has 0 unspecified atom stereocenters. The lowest BCUT2D eigenvalue weighted by atomic mass is 10.1. The summed E-state index contributed by atoms with van der Waals surface area (Å²) < 4.78 is 14.0. The van der Waals surface area contributed by atoms with Crippen molar-refractivity contribution in [1.29, 1.82) is 0 Å². The number of hydrogen-bond acceptors (Lipinski definition) is 4. The molecule has 1 amide bonds. The first-order chi connectivity index (χ1) is 14.6. The average Bonchev–Trinajstić information content (AvgIpc) is 3.03. The molecule has 0 atom stereocenters. The van der Waals surface area contributed by atoms with Crippen molar-refractivity contribution in [2.24, 2.45) is 0 Å². The van der Waals surface area contributed by atoms with E-state index in [9.17, 15) is 9.59 Å². The minimum atomic E-state index is -0.0744. The lowest BCUT2D eigenvalue weighted by Gasteiger charge is -2.10. The zero-order valence-electron chi connectivity index (χ0n) is 17.8. The van der Waals surface area contributed by atoms with Crippen LogP contribution in [0.25, 0.3) is 11.0 Å². The van der Waals surface area contributed by atoms with E-state index in [1.54, 1.807) is 23.4 Å². The number of benzene rings is 2. The third kappa shape index (κ3) is 4.67. The Hall–Kier alpha value is -3.22. The van der Waals surface area contributed by atoms with Crippen LogP contribution in [0, 0.1) is 0 Å². The van der Waals surface area contributed by atoms with Crippen LogP contribution in [0.3, 0.4) is 0 Å². The number of para-hydroxylation sites is 2. The molecule has 1 aromatic heterocycles. The van der Waals surface area contributed by atoms with E-state index in [-0.39, 0.29) is 18.0 Å². The zero-order valence-corrected chi connectivity index (χ0v) is 17.8. The van der Waals surface area contributed by atoms with Gasteiger partial charge in [0.1, 0.15) is 0 Å². The van der Waals surface area contributed by atoms with E-state index < -0.39 is 0 Å². The van der Waals surface area contributed by atoms with Crippen molar-refractivity contribution in [3.8, 4) is 11.5 Å². The normalized spacial score (nSPS) is 10.9. The highest BCUT2D eigenvalue weighted by Gasteiger charge is 2.13. The summed E-state index contributed by atoms with van der Waals surface area (Å²) in [6, 6.07) is 13.4. The van der Waals surface area contributed by atoms with Crippen LogP contribution in [-0.4, -0.2) is 35.8 Å². The van der Waals surface area contributed by atoms with Gasteiger partial charge in [-0.2, -0.15) is 0 Å². The molecular formula is C23H29N3O4. The van der Waals surface area contributed by atoms with Crippen molar-refractivity contribution in [2.45, 2.75) is 39.3 Å². The molecule has 3 aromatic rings. The summed E-state index contributed by atoms with van der Waals surface area (Å²) in [5.74, 6) is 1.27. The molecule has 2 aromatic carbocycles. The van der Waals surface area contributed by atoms with Crippen LogP contribution in [0.2, 0.25) is 0 Å². The molecule has 160 valence electrons. The number of methoxy groups -OCH3 is 2. The summed E-state index contributed by atoms with van der Waals surface area (Å²) in [6.07, 6.45) is 1.82. The molecule has 0 spiro atoms. The second kappa shape index (κ2) is 10.0. The summed E-state index contributed by atoms with van der Waals surface area (Å²) in [5.41, 5.74) is 2.77. The Morgan fingerprint density at radius 3 is 2.27 bits per heavy atom. The number of nitrogens with one attached hydrogen (secondary N) is 1. The van der Waals surface area contributed by atoms with Crippen molar-refractivity contribution in [3.05, 3.63) is 58.5 Å². The summed E-state index contributed by atoms with van der Waals surface area (Å²) in [6.45, 7) is 3.59. The van der Waals surface area contributed by atoms with Crippen LogP contribution in [-0.2, 0) is 24.3 Å². The Kier molecular flexibility index (Phi) is 7.17. The molecule has 7 heteroatoms. The maximum absolute atomic E-state index is 12.8. The van der Waals surface area contributed by atoms with Crippen molar-refractivity contribution in [1.82, 2.24) is 14.5 Å². The number of rotatable bonds is 10. The van der Waals surface area contributed by atoms with Gasteiger partial charge in [0.25, 0.3) is 0 Å². The van der Waals surface area contributed by atoms with Gasteiger partial charge in [0.2, 0.25) is 5.91 Å². The molecule has 1 heterocycles. The van der Waals surface area contributed by atoms with Crippen LogP contribution in [0.5, 0.6) is 11.5 Å². The predicted molar refractivity (Wildman–Crippen MR) is 117 cm³/mol. The summed E-state index contributed by atoms with van der Waals surface area (Å²) >= 11 is 0. The highest BCUT2D eigenvalue weighted by atomic mass is 16.5. The lowest BCUT2D eigenvalue weighted by molar-refractivity contribution is -0.121. The van der Waals surface area contributed by atoms with Crippen molar-refractivity contribution < 1.29 is 14.3 Å². The number of carbonyl (C=O) groups excluding carboxylic acids is 1. The number of fused-ring (bicyclic) bond motifs is 1. The molecule has 30 heavy (non-hydrogen) atoms.